The van der Waals surface area contributed by atoms with Crippen molar-refractivity contribution >= 4 is 17.7 Å². The number of aromatic nitrogens is 2. The molecule has 1 saturated carbocycles. The van der Waals surface area contributed by atoms with Crippen LogP contribution in [0.2, 0.25) is 0 Å². The Morgan fingerprint density at radius 2 is 2.00 bits per heavy atom. The van der Waals surface area contributed by atoms with Gasteiger partial charge in [0.05, 0.1) is 20.0 Å². The van der Waals surface area contributed by atoms with Crippen LogP contribution in [0.25, 0.3) is 0 Å². The zero-order valence-electron chi connectivity index (χ0n) is 15.9. The van der Waals surface area contributed by atoms with Crippen molar-refractivity contribution in [1.29, 1.82) is 0 Å². The molecular weight excluding hydrogens is 367 g/mol. The molecule has 0 aromatic carbocycles. The third-order valence-electron chi connectivity index (χ3n) is 6.29. The summed E-state index contributed by atoms with van der Waals surface area (Å²) in [5.74, 6) is -0.881. The summed E-state index contributed by atoms with van der Waals surface area (Å²) in [6.07, 6.45) is 4.38. The molecule has 9 heteroatoms. The van der Waals surface area contributed by atoms with Gasteiger partial charge in [-0.3, -0.25) is 9.59 Å². The highest BCUT2D eigenvalue weighted by molar-refractivity contribution is 5.85. The number of piperidine rings is 1. The van der Waals surface area contributed by atoms with Crippen LogP contribution in [0.15, 0.2) is 17.2 Å². The number of H-pyrrole nitrogens is 1. The van der Waals surface area contributed by atoms with Crippen molar-refractivity contribution in [1.82, 2.24) is 14.9 Å². The summed E-state index contributed by atoms with van der Waals surface area (Å²) < 4.78 is 20.1. The quantitative estimate of drug-likeness (QED) is 0.760. The summed E-state index contributed by atoms with van der Waals surface area (Å²) in [4.78, 5) is 46.7. The number of alkyl halides is 1. The van der Waals surface area contributed by atoms with E-state index in [2.05, 4.69) is 9.97 Å². The number of rotatable bonds is 4. The molecule has 2 atom stereocenters. The Labute approximate surface area is 162 Å². The van der Waals surface area contributed by atoms with E-state index in [1.54, 1.807) is 0 Å². The van der Waals surface area contributed by atoms with Gasteiger partial charge in [0, 0.05) is 37.5 Å². The van der Waals surface area contributed by atoms with Gasteiger partial charge >= 0.3 is 5.97 Å². The van der Waals surface area contributed by atoms with Gasteiger partial charge in [0.1, 0.15) is 5.82 Å². The van der Waals surface area contributed by atoms with E-state index >= 15 is 4.39 Å². The van der Waals surface area contributed by atoms with Crippen LogP contribution in [-0.4, -0.2) is 65.7 Å². The molecule has 2 aliphatic heterocycles. The Balaban J connectivity index is 1.40. The first-order chi connectivity index (χ1) is 13.4. The van der Waals surface area contributed by atoms with Crippen molar-refractivity contribution in [2.75, 3.05) is 38.2 Å². The first kappa shape index (κ1) is 18.9. The van der Waals surface area contributed by atoms with E-state index in [1.807, 2.05) is 4.90 Å². The van der Waals surface area contributed by atoms with Crippen LogP contribution in [0.3, 0.4) is 0 Å². The van der Waals surface area contributed by atoms with Crippen LogP contribution in [0.5, 0.6) is 0 Å². The van der Waals surface area contributed by atoms with Crippen molar-refractivity contribution < 1.29 is 18.7 Å². The predicted octanol–water partition coefficient (Wildman–Crippen LogP) is 0.736. The minimum absolute atomic E-state index is 0.0902. The third kappa shape index (κ3) is 3.38. The van der Waals surface area contributed by atoms with E-state index in [-0.39, 0.29) is 36.4 Å². The highest BCUT2D eigenvalue weighted by Gasteiger charge is 2.59. The van der Waals surface area contributed by atoms with Gasteiger partial charge in [-0.05, 0) is 31.6 Å². The Bertz CT molecular complexity index is 818. The van der Waals surface area contributed by atoms with Crippen molar-refractivity contribution in [3.63, 3.8) is 0 Å². The van der Waals surface area contributed by atoms with Gasteiger partial charge in [-0.1, -0.05) is 0 Å². The predicted molar refractivity (Wildman–Crippen MR) is 98.4 cm³/mol. The molecule has 0 spiro atoms. The summed E-state index contributed by atoms with van der Waals surface area (Å²) in [5, 5.41) is 0. The molecule has 3 fully saturated rings. The second-order valence-corrected chi connectivity index (χ2v) is 8.05. The molecule has 8 nitrogen and oxygen atoms in total. The van der Waals surface area contributed by atoms with Gasteiger partial charge in [-0.2, -0.15) is 0 Å². The molecule has 2 unspecified atom stereocenters. The molecule has 3 aliphatic rings. The van der Waals surface area contributed by atoms with Crippen LogP contribution in [0.4, 0.5) is 10.2 Å². The Morgan fingerprint density at radius 1 is 1.29 bits per heavy atom. The molecule has 0 bridgehead atoms. The van der Waals surface area contributed by atoms with Crippen molar-refractivity contribution in [3.8, 4) is 0 Å². The van der Waals surface area contributed by atoms with E-state index < -0.39 is 17.6 Å². The van der Waals surface area contributed by atoms with Crippen LogP contribution < -0.4 is 10.5 Å². The lowest BCUT2D eigenvalue weighted by molar-refractivity contribution is -0.157. The van der Waals surface area contributed by atoms with E-state index in [4.69, 9.17) is 4.74 Å². The molecular formula is C19H25FN4O4. The number of hydrogen-bond donors (Lipinski definition) is 1. The number of amides is 1. The minimum atomic E-state index is -2.10. The summed E-state index contributed by atoms with van der Waals surface area (Å²) in [6, 6.07) is 1.44. The SMILES string of the molecule is COC(=O)C1(F)CN(C(=O)C2CCN(c3cc(=O)[nH]cn3)CC2)CC1C1CC1. The highest BCUT2D eigenvalue weighted by atomic mass is 19.1. The first-order valence-electron chi connectivity index (χ1n) is 9.78. The Morgan fingerprint density at radius 3 is 2.61 bits per heavy atom. The van der Waals surface area contributed by atoms with Gasteiger partial charge in [0.25, 0.3) is 5.56 Å². The number of halogens is 1. The number of aromatic amines is 1. The maximum absolute atomic E-state index is 15.4. The summed E-state index contributed by atoms with van der Waals surface area (Å²) in [7, 11) is 1.19. The third-order valence-corrected chi connectivity index (χ3v) is 6.29. The molecule has 1 N–H and O–H groups in total. The van der Waals surface area contributed by atoms with Gasteiger partial charge < -0.3 is 19.5 Å². The average molecular weight is 392 g/mol. The number of carbonyl (C=O) groups is 2. The number of nitrogens with zero attached hydrogens (tertiary/aromatic N) is 3. The average Bonchev–Trinajstić information content (AvgIpc) is 3.49. The minimum Gasteiger partial charge on any atom is -0.467 e. The molecule has 3 heterocycles. The van der Waals surface area contributed by atoms with Crippen LogP contribution >= 0.6 is 0 Å². The molecule has 152 valence electrons. The van der Waals surface area contributed by atoms with Crippen LogP contribution in [0, 0.1) is 17.8 Å². The number of esters is 1. The molecule has 1 aliphatic carbocycles. The van der Waals surface area contributed by atoms with Gasteiger partial charge in [0.15, 0.2) is 0 Å². The fourth-order valence-electron chi connectivity index (χ4n) is 4.56. The zero-order valence-corrected chi connectivity index (χ0v) is 15.9. The number of ether oxygens (including phenoxy) is 1. The topological polar surface area (TPSA) is 95.6 Å². The standard InChI is InChI=1S/C19H25FN4O4/c1-28-18(27)19(20)10-24(9-14(19)12-2-3-12)17(26)13-4-6-23(7-5-13)15-8-16(25)22-11-21-15/h8,11-14H,2-7,9-10H2,1H3,(H,21,22,25). The lowest BCUT2D eigenvalue weighted by Crippen LogP contribution is -2.46. The molecule has 1 aromatic heterocycles. The van der Waals surface area contributed by atoms with E-state index in [0.29, 0.717) is 31.7 Å². The van der Waals surface area contributed by atoms with E-state index in [1.165, 1.54) is 24.4 Å². The fraction of sp³-hybridized carbons (Fsp3) is 0.684. The van der Waals surface area contributed by atoms with Crippen LogP contribution in [-0.2, 0) is 14.3 Å². The lowest BCUT2D eigenvalue weighted by atomic mass is 9.88. The number of anilines is 1. The van der Waals surface area contributed by atoms with E-state index in [0.717, 1.165) is 12.8 Å². The van der Waals surface area contributed by atoms with Gasteiger partial charge in [-0.15, -0.1) is 0 Å². The monoisotopic (exact) mass is 392 g/mol. The number of carbonyl (C=O) groups excluding carboxylic acids is 2. The molecule has 4 rings (SSSR count). The second kappa shape index (κ2) is 7.18. The smallest absolute Gasteiger partial charge is 0.345 e. The normalized spacial score (nSPS) is 28.4. The molecule has 1 amide bonds. The maximum atomic E-state index is 15.4. The zero-order chi connectivity index (χ0) is 19.9. The number of likely N-dealkylation sites (tertiary alicyclic amines) is 1. The van der Waals surface area contributed by atoms with Gasteiger partial charge in [-0.25, -0.2) is 14.2 Å². The number of nitrogens with one attached hydrogen (secondary N) is 1. The van der Waals surface area contributed by atoms with Crippen LogP contribution in [0.1, 0.15) is 25.7 Å². The molecule has 0 radical (unpaired) electrons. The lowest BCUT2D eigenvalue weighted by Gasteiger charge is -2.33. The summed E-state index contributed by atoms with van der Waals surface area (Å²) >= 11 is 0. The first-order valence-corrected chi connectivity index (χ1v) is 9.78. The molecule has 2 saturated heterocycles. The number of methoxy groups -OCH3 is 1. The summed E-state index contributed by atoms with van der Waals surface area (Å²) in [5.41, 5.74) is -2.31. The molecule has 1 aromatic rings. The number of hydrogen-bond acceptors (Lipinski definition) is 6. The van der Waals surface area contributed by atoms with E-state index in [9.17, 15) is 14.4 Å². The Hall–Kier alpha value is -2.45. The van der Waals surface area contributed by atoms with Crippen molar-refractivity contribution in [2.45, 2.75) is 31.4 Å². The maximum Gasteiger partial charge on any atom is 0.345 e. The largest absolute Gasteiger partial charge is 0.467 e. The Kier molecular flexibility index (Phi) is 4.84. The summed E-state index contributed by atoms with van der Waals surface area (Å²) in [6.45, 7) is 1.27. The van der Waals surface area contributed by atoms with Crippen molar-refractivity contribution in [2.24, 2.45) is 17.8 Å². The highest BCUT2D eigenvalue weighted by Crippen LogP contribution is 2.48. The fourth-order valence-corrected chi connectivity index (χ4v) is 4.56. The van der Waals surface area contributed by atoms with Gasteiger partial charge in [0.2, 0.25) is 11.6 Å². The van der Waals surface area contributed by atoms with Crippen molar-refractivity contribution in [3.05, 3.63) is 22.7 Å². The second-order valence-electron chi connectivity index (χ2n) is 8.05. The molecule has 28 heavy (non-hydrogen) atoms.